The molecule has 0 aliphatic heterocycles. The van der Waals surface area contributed by atoms with Crippen LogP contribution in [-0.4, -0.2) is 34.9 Å². The van der Waals surface area contributed by atoms with Crippen molar-refractivity contribution in [2.24, 2.45) is 0 Å². The standard InChI is InChI=1S/C12H17ClO5S2/c1-4-19(14,15)6-5-18-12-10(3)7-9(2)8-11(12)20(13,16)17/h7-8H,4-6H2,1-3H3. The van der Waals surface area contributed by atoms with Gasteiger partial charge in [0.15, 0.2) is 9.84 Å². The molecule has 0 atom stereocenters. The largest absolute Gasteiger partial charge is 0.491 e. The molecule has 0 spiro atoms. The van der Waals surface area contributed by atoms with Gasteiger partial charge in [0.2, 0.25) is 0 Å². The summed E-state index contributed by atoms with van der Waals surface area (Å²) >= 11 is 0. The van der Waals surface area contributed by atoms with Crippen LogP contribution in [0.4, 0.5) is 0 Å². The molecule has 0 saturated carbocycles. The van der Waals surface area contributed by atoms with E-state index in [9.17, 15) is 16.8 Å². The van der Waals surface area contributed by atoms with Gasteiger partial charge >= 0.3 is 0 Å². The molecule has 0 aromatic heterocycles. The van der Waals surface area contributed by atoms with Crippen LogP contribution >= 0.6 is 10.7 Å². The van der Waals surface area contributed by atoms with E-state index in [-0.39, 0.29) is 28.8 Å². The summed E-state index contributed by atoms with van der Waals surface area (Å²) in [5, 5.41) is 0. The number of rotatable bonds is 6. The van der Waals surface area contributed by atoms with Gasteiger partial charge in [-0.05, 0) is 31.0 Å². The molecule has 0 aliphatic rings. The van der Waals surface area contributed by atoms with E-state index in [0.717, 1.165) is 5.56 Å². The lowest BCUT2D eigenvalue weighted by Crippen LogP contribution is -2.16. The van der Waals surface area contributed by atoms with Crippen LogP contribution in [0.1, 0.15) is 18.1 Å². The third kappa shape index (κ3) is 4.64. The van der Waals surface area contributed by atoms with Crippen molar-refractivity contribution < 1.29 is 21.6 Å². The van der Waals surface area contributed by atoms with E-state index < -0.39 is 18.9 Å². The van der Waals surface area contributed by atoms with Crippen LogP contribution in [-0.2, 0) is 18.9 Å². The Morgan fingerprint density at radius 2 is 1.75 bits per heavy atom. The third-order valence-corrected chi connectivity index (χ3v) is 5.72. The Kier molecular flexibility index (Phi) is 5.46. The van der Waals surface area contributed by atoms with Crippen molar-refractivity contribution in [1.82, 2.24) is 0 Å². The molecular weight excluding hydrogens is 324 g/mol. The SMILES string of the molecule is CCS(=O)(=O)CCOc1c(C)cc(C)cc1S(=O)(=O)Cl. The number of sulfone groups is 1. The monoisotopic (exact) mass is 340 g/mol. The zero-order valence-corrected chi connectivity index (χ0v) is 13.9. The van der Waals surface area contributed by atoms with Crippen molar-refractivity contribution in [2.75, 3.05) is 18.1 Å². The van der Waals surface area contributed by atoms with Crippen molar-refractivity contribution in [3.05, 3.63) is 23.3 Å². The molecule has 0 heterocycles. The molecule has 0 aliphatic carbocycles. The van der Waals surface area contributed by atoms with Gasteiger partial charge in [-0.15, -0.1) is 0 Å². The Balaban J connectivity index is 3.07. The molecule has 0 radical (unpaired) electrons. The average Bonchev–Trinajstić information content (AvgIpc) is 2.30. The van der Waals surface area contributed by atoms with Crippen LogP contribution in [0.3, 0.4) is 0 Å². The lowest BCUT2D eigenvalue weighted by molar-refractivity contribution is 0.329. The summed E-state index contributed by atoms with van der Waals surface area (Å²) in [6.07, 6.45) is 0. The fourth-order valence-electron chi connectivity index (χ4n) is 1.70. The van der Waals surface area contributed by atoms with Crippen molar-refractivity contribution in [3.8, 4) is 5.75 Å². The second-order valence-corrected chi connectivity index (χ2v) is 9.44. The number of aryl methyl sites for hydroxylation is 2. The Morgan fingerprint density at radius 3 is 2.25 bits per heavy atom. The van der Waals surface area contributed by atoms with Gasteiger partial charge in [-0.3, -0.25) is 0 Å². The predicted octanol–water partition coefficient (Wildman–Crippen LogP) is 2.04. The van der Waals surface area contributed by atoms with Crippen LogP contribution in [0.25, 0.3) is 0 Å². The predicted molar refractivity (Wildman–Crippen MR) is 78.8 cm³/mol. The van der Waals surface area contributed by atoms with Crippen molar-refractivity contribution in [2.45, 2.75) is 25.7 Å². The highest BCUT2D eigenvalue weighted by molar-refractivity contribution is 8.13. The van der Waals surface area contributed by atoms with Crippen LogP contribution in [0.15, 0.2) is 17.0 Å². The van der Waals surface area contributed by atoms with E-state index in [4.69, 9.17) is 15.4 Å². The Bertz CT molecular complexity index is 693. The van der Waals surface area contributed by atoms with Gasteiger partial charge in [0.1, 0.15) is 17.3 Å². The first-order chi connectivity index (χ1) is 9.07. The first-order valence-electron chi connectivity index (χ1n) is 5.96. The first kappa shape index (κ1) is 17.3. The Hall–Kier alpha value is -0.790. The molecule has 1 aromatic carbocycles. The van der Waals surface area contributed by atoms with Gasteiger partial charge in [-0.1, -0.05) is 13.0 Å². The molecule has 0 N–H and O–H groups in total. The fourth-order valence-corrected chi connectivity index (χ4v) is 3.43. The number of benzene rings is 1. The zero-order valence-electron chi connectivity index (χ0n) is 11.5. The topological polar surface area (TPSA) is 77.5 Å². The van der Waals surface area contributed by atoms with E-state index in [2.05, 4.69) is 0 Å². The first-order valence-corrected chi connectivity index (χ1v) is 10.1. The molecule has 0 fully saturated rings. The number of halogens is 1. The summed E-state index contributed by atoms with van der Waals surface area (Å²) in [5.74, 6) is -0.0421. The van der Waals surface area contributed by atoms with Gasteiger partial charge < -0.3 is 4.74 Å². The number of hydrogen-bond donors (Lipinski definition) is 0. The lowest BCUT2D eigenvalue weighted by atomic mass is 10.1. The van der Waals surface area contributed by atoms with Gasteiger partial charge in [-0.2, -0.15) is 0 Å². The normalized spacial score (nSPS) is 12.4. The summed E-state index contributed by atoms with van der Waals surface area (Å²) < 4.78 is 51.2. The maximum atomic E-state index is 11.5. The van der Waals surface area contributed by atoms with E-state index in [0.29, 0.717) is 5.56 Å². The molecule has 0 unspecified atom stereocenters. The van der Waals surface area contributed by atoms with Gasteiger partial charge in [0, 0.05) is 16.4 Å². The Morgan fingerprint density at radius 1 is 1.15 bits per heavy atom. The second kappa shape index (κ2) is 6.32. The maximum absolute atomic E-state index is 11.5. The van der Waals surface area contributed by atoms with Gasteiger partial charge in [0.25, 0.3) is 9.05 Å². The van der Waals surface area contributed by atoms with Gasteiger partial charge in [-0.25, -0.2) is 16.8 Å². The quantitative estimate of drug-likeness (QED) is 0.740. The summed E-state index contributed by atoms with van der Waals surface area (Å²) in [7, 11) is -1.74. The number of ether oxygens (including phenoxy) is 1. The molecule has 1 aromatic rings. The third-order valence-electron chi connectivity index (χ3n) is 2.73. The molecule has 1 rings (SSSR count). The molecule has 0 bridgehead atoms. The minimum atomic E-state index is -3.95. The van der Waals surface area contributed by atoms with E-state index in [1.165, 1.54) is 6.07 Å². The molecule has 0 saturated heterocycles. The molecule has 114 valence electrons. The maximum Gasteiger partial charge on any atom is 0.265 e. The Labute approximate surface area is 124 Å². The van der Waals surface area contributed by atoms with E-state index >= 15 is 0 Å². The highest BCUT2D eigenvalue weighted by atomic mass is 35.7. The second-order valence-electron chi connectivity index (χ2n) is 4.43. The van der Waals surface area contributed by atoms with E-state index in [1.54, 1.807) is 26.8 Å². The van der Waals surface area contributed by atoms with Crippen LogP contribution in [0.2, 0.25) is 0 Å². The molecule has 5 nitrogen and oxygen atoms in total. The minimum absolute atomic E-state index is 0.0178. The van der Waals surface area contributed by atoms with Crippen LogP contribution < -0.4 is 4.74 Å². The summed E-state index contributed by atoms with van der Waals surface area (Å²) in [4.78, 5) is -0.134. The molecular formula is C12H17ClO5S2. The lowest BCUT2D eigenvalue weighted by Gasteiger charge is -2.13. The summed E-state index contributed by atoms with van der Waals surface area (Å²) in [6.45, 7) is 4.85. The van der Waals surface area contributed by atoms with E-state index in [1.807, 2.05) is 0 Å². The highest BCUT2D eigenvalue weighted by Crippen LogP contribution is 2.31. The minimum Gasteiger partial charge on any atom is -0.491 e. The highest BCUT2D eigenvalue weighted by Gasteiger charge is 2.20. The zero-order chi connectivity index (χ0) is 15.6. The summed E-state index contributed by atoms with van der Waals surface area (Å²) in [5.41, 5.74) is 1.33. The van der Waals surface area contributed by atoms with Crippen molar-refractivity contribution in [1.29, 1.82) is 0 Å². The van der Waals surface area contributed by atoms with Crippen molar-refractivity contribution >= 4 is 29.6 Å². The smallest absolute Gasteiger partial charge is 0.265 e. The summed E-state index contributed by atoms with van der Waals surface area (Å²) in [6, 6.07) is 3.15. The molecule has 0 amide bonds. The number of hydrogen-bond acceptors (Lipinski definition) is 5. The van der Waals surface area contributed by atoms with Crippen molar-refractivity contribution in [3.63, 3.8) is 0 Å². The average molecular weight is 341 g/mol. The van der Waals surface area contributed by atoms with Crippen LogP contribution in [0, 0.1) is 13.8 Å². The van der Waals surface area contributed by atoms with Crippen LogP contribution in [0.5, 0.6) is 5.75 Å². The fraction of sp³-hybridized carbons (Fsp3) is 0.500. The molecule has 8 heteroatoms. The van der Waals surface area contributed by atoms with Gasteiger partial charge in [0.05, 0.1) is 5.75 Å². The molecule has 20 heavy (non-hydrogen) atoms.